The van der Waals surface area contributed by atoms with Crippen LogP contribution in [0.15, 0.2) is 18.5 Å². The third kappa shape index (κ3) is 3.39. The molecular weight excluding hydrogens is 240 g/mol. The molecule has 1 heterocycles. The van der Waals surface area contributed by atoms with E-state index < -0.39 is 24.9 Å². The Morgan fingerprint density at radius 1 is 1.62 bits per heavy atom. The summed E-state index contributed by atoms with van der Waals surface area (Å²) in [7, 11) is 0. The standard InChI is InChI=1S/C9H10ClF2N3O/c10-7-3-14-2-1-6(7)8(16)15-5-9(11,12)4-13/h1-3H,4-5,13H2,(H,15,16). The second-order valence-electron chi connectivity index (χ2n) is 3.10. The van der Waals surface area contributed by atoms with Gasteiger partial charge in [0.25, 0.3) is 11.8 Å². The molecule has 0 aliphatic heterocycles. The zero-order valence-electron chi connectivity index (χ0n) is 8.21. The smallest absolute Gasteiger partial charge is 0.277 e. The fourth-order valence-electron chi connectivity index (χ4n) is 0.936. The number of carbonyl (C=O) groups is 1. The number of nitrogens with two attached hydrogens (primary N) is 1. The molecule has 1 aromatic heterocycles. The summed E-state index contributed by atoms with van der Waals surface area (Å²) in [5.74, 6) is -3.80. The molecule has 4 nitrogen and oxygen atoms in total. The number of amides is 1. The van der Waals surface area contributed by atoms with Gasteiger partial charge in [0.15, 0.2) is 0 Å². The molecule has 0 saturated carbocycles. The van der Waals surface area contributed by atoms with Gasteiger partial charge in [0.2, 0.25) is 0 Å². The van der Waals surface area contributed by atoms with Crippen LogP contribution >= 0.6 is 11.6 Å². The molecule has 3 N–H and O–H groups in total. The monoisotopic (exact) mass is 249 g/mol. The Morgan fingerprint density at radius 2 is 2.31 bits per heavy atom. The van der Waals surface area contributed by atoms with Crippen molar-refractivity contribution in [3.8, 4) is 0 Å². The zero-order chi connectivity index (χ0) is 12.2. The van der Waals surface area contributed by atoms with Gasteiger partial charge >= 0.3 is 0 Å². The molecule has 0 unspecified atom stereocenters. The molecule has 0 bridgehead atoms. The van der Waals surface area contributed by atoms with Crippen LogP contribution in [0.5, 0.6) is 0 Å². The highest BCUT2D eigenvalue weighted by atomic mass is 35.5. The number of halogens is 3. The number of hydrogen-bond donors (Lipinski definition) is 2. The maximum absolute atomic E-state index is 12.7. The van der Waals surface area contributed by atoms with E-state index in [0.29, 0.717) is 0 Å². The fraction of sp³-hybridized carbons (Fsp3) is 0.333. The van der Waals surface area contributed by atoms with E-state index in [-0.39, 0.29) is 10.6 Å². The SMILES string of the molecule is NCC(F)(F)CNC(=O)c1ccncc1Cl. The summed E-state index contributed by atoms with van der Waals surface area (Å²) in [5.41, 5.74) is 4.93. The average Bonchev–Trinajstić information content (AvgIpc) is 2.27. The van der Waals surface area contributed by atoms with E-state index in [0.717, 1.165) is 0 Å². The minimum Gasteiger partial charge on any atom is -0.346 e. The van der Waals surface area contributed by atoms with Crippen LogP contribution in [-0.4, -0.2) is 29.9 Å². The summed E-state index contributed by atoms with van der Waals surface area (Å²) in [6.07, 6.45) is 2.61. The molecule has 1 aromatic rings. The first-order valence-electron chi connectivity index (χ1n) is 4.42. The number of nitrogens with one attached hydrogen (secondary N) is 1. The largest absolute Gasteiger partial charge is 0.346 e. The average molecular weight is 250 g/mol. The molecular formula is C9H10ClF2N3O. The number of aromatic nitrogens is 1. The van der Waals surface area contributed by atoms with E-state index in [1.807, 2.05) is 5.32 Å². The van der Waals surface area contributed by atoms with Crippen molar-refractivity contribution < 1.29 is 13.6 Å². The van der Waals surface area contributed by atoms with Gasteiger partial charge in [-0.15, -0.1) is 0 Å². The predicted molar refractivity (Wildman–Crippen MR) is 55.6 cm³/mol. The summed E-state index contributed by atoms with van der Waals surface area (Å²) in [5, 5.41) is 2.16. The molecule has 0 fully saturated rings. The lowest BCUT2D eigenvalue weighted by atomic mass is 10.2. The lowest BCUT2D eigenvalue weighted by Gasteiger charge is -2.14. The first-order valence-corrected chi connectivity index (χ1v) is 4.80. The van der Waals surface area contributed by atoms with E-state index in [9.17, 15) is 13.6 Å². The van der Waals surface area contributed by atoms with Crippen molar-refractivity contribution in [3.05, 3.63) is 29.0 Å². The van der Waals surface area contributed by atoms with E-state index in [4.69, 9.17) is 17.3 Å². The number of nitrogens with zero attached hydrogens (tertiary/aromatic N) is 1. The molecule has 1 rings (SSSR count). The maximum Gasteiger partial charge on any atom is 0.277 e. The number of hydrogen-bond acceptors (Lipinski definition) is 3. The lowest BCUT2D eigenvalue weighted by molar-refractivity contribution is 0.0118. The third-order valence-electron chi connectivity index (χ3n) is 1.82. The highest BCUT2D eigenvalue weighted by Gasteiger charge is 2.27. The maximum atomic E-state index is 12.7. The second-order valence-corrected chi connectivity index (χ2v) is 3.51. The van der Waals surface area contributed by atoms with Crippen molar-refractivity contribution in [3.63, 3.8) is 0 Å². The molecule has 0 spiro atoms. The van der Waals surface area contributed by atoms with Crippen LogP contribution in [0.4, 0.5) is 8.78 Å². The summed E-state index contributed by atoms with van der Waals surface area (Å²) in [4.78, 5) is 15.1. The van der Waals surface area contributed by atoms with Crippen LogP contribution in [0.3, 0.4) is 0 Å². The minimum absolute atomic E-state index is 0.101. The van der Waals surface area contributed by atoms with Gasteiger partial charge in [0.1, 0.15) is 0 Å². The van der Waals surface area contributed by atoms with Crippen molar-refractivity contribution >= 4 is 17.5 Å². The van der Waals surface area contributed by atoms with Crippen LogP contribution in [0.2, 0.25) is 5.02 Å². The molecule has 0 aliphatic rings. The number of pyridine rings is 1. The highest BCUT2D eigenvalue weighted by molar-refractivity contribution is 6.33. The van der Waals surface area contributed by atoms with Gasteiger partial charge < -0.3 is 11.1 Å². The first kappa shape index (κ1) is 12.8. The Hall–Kier alpha value is -1.27. The van der Waals surface area contributed by atoms with Crippen LogP contribution in [0.25, 0.3) is 0 Å². The number of carbonyl (C=O) groups excluding carboxylic acids is 1. The summed E-state index contributed by atoms with van der Waals surface area (Å²) in [6, 6.07) is 1.35. The van der Waals surface area contributed by atoms with Crippen molar-refractivity contribution in [2.24, 2.45) is 5.73 Å². The predicted octanol–water partition coefficient (Wildman–Crippen LogP) is 1.06. The van der Waals surface area contributed by atoms with E-state index in [1.165, 1.54) is 18.5 Å². The summed E-state index contributed by atoms with van der Waals surface area (Å²) >= 11 is 5.67. The first-order chi connectivity index (χ1) is 7.46. The third-order valence-corrected chi connectivity index (χ3v) is 2.12. The Bertz CT molecular complexity index is 387. The normalized spacial score (nSPS) is 11.2. The molecule has 1 amide bonds. The quantitative estimate of drug-likeness (QED) is 0.838. The summed E-state index contributed by atoms with van der Waals surface area (Å²) in [6.45, 7) is -1.64. The van der Waals surface area contributed by atoms with Crippen molar-refractivity contribution in [2.45, 2.75) is 5.92 Å². The highest BCUT2D eigenvalue weighted by Crippen LogP contribution is 2.14. The fourth-order valence-corrected chi connectivity index (χ4v) is 1.14. The van der Waals surface area contributed by atoms with Gasteiger partial charge in [-0.1, -0.05) is 11.6 Å². The van der Waals surface area contributed by atoms with Gasteiger partial charge in [0.05, 0.1) is 23.7 Å². The van der Waals surface area contributed by atoms with E-state index >= 15 is 0 Å². The van der Waals surface area contributed by atoms with E-state index in [2.05, 4.69) is 4.98 Å². The molecule has 0 aliphatic carbocycles. The van der Waals surface area contributed by atoms with Crippen molar-refractivity contribution in [2.75, 3.05) is 13.1 Å². The molecule has 16 heavy (non-hydrogen) atoms. The number of alkyl halides is 2. The molecule has 0 aromatic carbocycles. The van der Waals surface area contributed by atoms with E-state index in [1.54, 1.807) is 0 Å². The van der Waals surface area contributed by atoms with Crippen molar-refractivity contribution in [1.29, 1.82) is 0 Å². The zero-order valence-corrected chi connectivity index (χ0v) is 8.97. The topological polar surface area (TPSA) is 68.0 Å². The Kier molecular flexibility index (Phi) is 4.14. The van der Waals surface area contributed by atoms with Crippen LogP contribution in [0, 0.1) is 0 Å². The van der Waals surface area contributed by atoms with Crippen molar-refractivity contribution in [1.82, 2.24) is 10.3 Å². The van der Waals surface area contributed by atoms with Gasteiger partial charge in [-0.05, 0) is 6.07 Å². The number of rotatable bonds is 4. The Morgan fingerprint density at radius 3 is 2.88 bits per heavy atom. The summed E-state index contributed by atoms with van der Waals surface area (Å²) < 4.78 is 25.5. The minimum atomic E-state index is -3.12. The van der Waals surface area contributed by atoms with Crippen LogP contribution in [-0.2, 0) is 0 Å². The van der Waals surface area contributed by atoms with Gasteiger partial charge in [-0.2, -0.15) is 0 Å². The van der Waals surface area contributed by atoms with Crippen LogP contribution < -0.4 is 11.1 Å². The van der Waals surface area contributed by atoms with Gasteiger partial charge in [0, 0.05) is 12.4 Å². The molecule has 7 heteroatoms. The second kappa shape index (κ2) is 5.18. The Labute approximate surface area is 95.8 Å². The van der Waals surface area contributed by atoms with Gasteiger partial charge in [-0.25, -0.2) is 8.78 Å². The van der Waals surface area contributed by atoms with Gasteiger partial charge in [-0.3, -0.25) is 9.78 Å². The Balaban J connectivity index is 2.64. The molecule has 0 atom stereocenters. The molecule has 0 saturated heterocycles. The molecule has 88 valence electrons. The lowest BCUT2D eigenvalue weighted by Crippen LogP contribution is -2.41. The van der Waals surface area contributed by atoms with Crippen LogP contribution in [0.1, 0.15) is 10.4 Å². The molecule has 0 radical (unpaired) electrons.